The fourth-order valence-corrected chi connectivity index (χ4v) is 1.26. The molecule has 0 amide bonds. The molecule has 1 nitrogen and oxygen atoms in total. The predicted molar refractivity (Wildman–Crippen MR) is 42.1 cm³/mol. The predicted octanol–water partition coefficient (Wildman–Crippen LogP) is 1.60. The Labute approximate surface area is 61.1 Å². The lowest BCUT2D eigenvalue weighted by Crippen LogP contribution is -1.83. The van der Waals surface area contributed by atoms with Crippen molar-refractivity contribution in [3.63, 3.8) is 0 Å². The van der Waals surface area contributed by atoms with E-state index < -0.39 is 9.74 Å². The Morgan fingerprint density at radius 1 is 1.22 bits per heavy atom. The Morgan fingerprint density at radius 3 is 2.11 bits per heavy atom. The highest BCUT2D eigenvalue weighted by atomic mass is 32.8. The van der Waals surface area contributed by atoms with Gasteiger partial charge in [-0.05, 0) is 23.3 Å². The molecule has 0 heterocycles. The lowest BCUT2D eigenvalue weighted by Gasteiger charge is -1.92. The topological polar surface area (TPSA) is 20.2 Å². The summed E-state index contributed by atoms with van der Waals surface area (Å²) in [5.74, 6) is 0. The summed E-state index contributed by atoms with van der Waals surface area (Å²) in [6, 6.07) is 9.24. The molecule has 1 atom stereocenters. The van der Waals surface area contributed by atoms with Gasteiger partial charge in [-0.3, -0.25) is 0 Å². The van der Waals surface area contributed by atoms with Crippen molar-refractivity contribution >= 4 is 20.9 Å². The summed E-state index contributed by atoms with van der Waals surface area (Å²) in [6.45, 7) is 0. The Kier molecular flexibility index (Phi) is 2.33. The molecule has 1 aromatic rings. The van der Waals surface area contributed by atoms with Crippen LogP contribution >= 0.6 is 0 Å². The fraction of sp³-hybridized carbons (Fsp3) is 0. The first-order valence-electron chi connectivity index (χ1n) is 2.46. The minimum Gasteiger partial charge on any atom is -0.323 e. The van der Waals surface area contributed by atoms with Gasteiger partial charge in [0, 0.05) is 14.6 Å². The zero-order valence-corrected chi connectivity index (χ0v) is 6.28. The quantitative estimate of drug-likeness (QED) is 0.670. The van der Waals surface area contributed by atoms with Gasteiger partial charge in [0.2, 0.25) is 0 Å². The zero-order chi connectivity index (χ0) is 6.69. The molecule has 0 radical (unpaired) electrons. The molecule has 3 heteroatoms. The van der Waals surface area contributed by atoms with Crippen LogP contribution < -0.4 is 0 Å². The van der Waals surface area contributed by atoms with Crippen molar-refractivity contribution in [2.45, 2.75) is 4.90 Å². The summed E-state index contributed by atoms with van der Waals surface area (Å²) in [4.78, 5) is 0.813. The number of hydrogen-bond acceptors (Lipinski definition) is 1. The lowest BCUT2D eigenvalue weighted by atomic mass is 10.4. The molecule has 0 aliphatic carbocycles. The Morgan fingerprint density at radius 2 is 1.78 bits per heavy atom. The standard InChI is InChI=1S/C6H6OS2/c7-9(8)6-4-2-1-3-5-6/h1-5H,(H,7,8). The van der Waals surface area contributed by atoms with Crippen molar-refractivity contribution in [2.24, 2.45) is 0 Å². The molecule has 1 N–H and O–H groups in total. The zero-order valence-electron chi connectivity index (χ0n) is 4.65. The van der Waals surface area contributed by atoms with E-state index in [1.54, 1.807) is 0 Å². The monoisotopic (exact) mass is 158 g/mol. The first kappa shape index (κ1) is 6.86. The first-order chi connectivity index (χ1) is 4.30. The van der Waals surface area contributed by atoms with Gasteiger partial charge in [0.25, 0.3) is 0 Å². The average Bonchev–Trinajstić information content (AvgIpc) is 1.90. The van der Waals surface area contributed by atoms with Crippen LogP contribution in [0, 0.1) is 0 Å². The van der Waals surface area contributed by atoms with E-state index in [0.717, 1.165) is 4.90 Å². The second-order valence-electron chi connectivity index (χ2n) is 1.56. The summed E-state index contributed by atoms with van der Waals surface area (Å²) in [6.07, 6.45) is 0. The summed E-state index contributed by atoms with van der Waals surface area (Å²) in [5.41, 5.74) is 0. The van der Waals surface area contributed by atoms with Gasteiger partial charge in [-0.15, -0.1) is 0 Å². The van der Waals surface area contributed by atoms with Crippen LogP contribution in [-0.2, 0) is 20.9 Å². The van der Waals surface area contributed by atoms with Gasteiger partial charge in [0.15, 0.2) is 0 Å². The number of rotatable bonds is 1. The third-order valence-corrected chi connectivity index (χ3v) is 2.20. The van der Waals surface area contributed by atoms with Gasteiger partial charge in [-0.1, -0.05) is 18.2 Å². The van der Waals surface area contributed by atoms with E-state index in [1.165, 1.54) is 0 Å². The van der Waals surface area contributed by atoms with Crippen LogP contribution in [0.1, 0.15) is 0 Å². The minimum atomic E-state index is -0.996. The summed E-state index contributed by atoms with van der Waals surface area (Å²) in [5, 5.41) is 0. The molecule has 0 aliphatic heterocycles. The molecular weight excluding hydrogens is 152 g/mol. The van der Waals surface area contributed by atoms with Crippen molar-refractivity contribution in [1.82, 2.24) is 0 Å². The van der Waals surface area contributed by atoms with E-state index in [-0.39, 0.29) is 0 Å². The highest BCUT2D eigenvalue weighted by Gasteiger charge is 1.88. The van der Waals surface area contributed by atoms with Crippen molar-refractivity contribution in [3.05, 3.63) is 30.3 Å². The maximum atomic E-state index is 8.87. The highest BCUT2D eigenvalue weighted by Crippen LogP contribution is 2.01. The van der Waals surface area contributed by atoms with E-state index in [0.29, 0.717) is 0 Å². The summed E-state index contributed by atoms with van der Waals surface area (Å²) in [7, 11) is -0.996. The van der Waals surface area contributed by atoms with E-state index in [1.807, 2.05) is 30.3 Å². The van der Waals surface area contributed by atoms with Gasteiger partial charge in [-0.25, -0.2) is 0 Å². The maximum Gasteiger partial charge on any atom is 0.0377 e. The number of benzene rings is 1. The molecule has 1 rings (SSSR count). The molecule has 9 heavy (non-hydrogen) atoms. The van der Waals surface area contributed by atoms with Gasteiger partial charge in [-0.2, -0.15) is 0 Å². The second kappa shape index (κ2) is 3.06. The molecule has 0 saturated heterocycles. The van der Waals surface area contributed by atoms with Crippen molar-refractivity contribution in [2.75, 3.05) is 0 Å². The highest BCUT2D eigenvalue weighted by molar-refractivity contribution is 8.25. The normalized spacial score (nSPS) is 13.0. The Bertz CT molecular complexity index is 208. The SMILES string of the molecule is OS(=S)c1ccccc1. The van der Waals surface area contributed by atoms with Crippen LogP contribution in [0.5, 0.6) is 0 Å². The second-order valence-corrected chi connectivity index (χ2v) is 3.48. The fourth-order valence-electron chi connectivity index (χ4n) is 0.537. The van der Waals surface area contributed by atoms with Gasteiger partial charge in [0.1, 0.15) is 0 Å². The Hall–Kier alpha value is -0.250. The summed E-state index contributed by atoms with van der Waals surface area (Å²) >= 11 is 4.63. The molecule has 0 bridgehead atoms. The molecule has 0 aromatic heterocycles. The molecule has 1 aromatic carbocycles. The van der Waals surface area contributed by atoms with Crippen LogP contribution in [0.25, 0.3) is 0 Å². The minimum absolute atomic E-state index is 0.813. The Balaban J connectivity index is 2.98. The van der Waals surface area contributed by atoms with Crippen LogP contribution in [0.15, 0.2) is 35.2 Å². The largest absolute Gasteiger partial charge is 0.323 e. The van der Waals surface area contributed by atoms with Crippen LogP contribution in [-0.4, -0.2) is 4.55 Å². The van der Waals surface area contributed by atoms with Crippen LogP contribution in [0.3, 0.4) is 0 Å². The van der Waals surface area contributed by atoms with Crippen LogP contribution in [0.4, 0.5) is 0 Å². The number of hydrogen-bond donors (Lipinski definition) is 1. The smallest absolute Gasteiger partial charge is 0.0377 e. The van der Waals surface area contributed by atoms with Gasteiger partial charge in [0.05, 0.1) is 0 Å². The van der Waals surface area contributed by atoms with Gasteiger partial charge >= 0.3 is 0 Å². The molecule has 0 spiro atoms. The molecular formula is C6H6OS2. The molecule has 0 fully saturated rings. The van der Waals surface area contributed by atoms with Crippen molar-refractivity contribution in [3.8, 4) is 0 Å². The lowest BCUT2D eigenvalue weighted by molar-refractivity contribution is 0.656. The summed E-state index contributed by atoms with van der Waals surface area (Å²) < 4.78 is 8.87. The third-order valence-electron chi connectivity index (χ3n) is 0.945. The van der Waals surface area contributed by atoms with Crippen molar-refractivity contribution in [1.29, 1.82) is 0 Å². The van der Waals surface area contributed by atoms with Crippen LogP contribution in [0.2, 0.25) is 0 Å². The first-order valence-corrected chi connectivity index (χ1v) is 4.57. The molecule has 0 saturated carbocycles. The van der Waals surface area contributed by atoms with E-state index in [9.17, 15) is 0 Å². The van der Waals surface area contributed by atoms with Gasteiger partial charge < -0.3 is 4.55 Å². The van der Waals surface area contributed by atoms with E-state index >= 15 is 0 Å². The van der Waals surface area contributed by atoms with E-state index in [2.05, 4.69) is 11.2 Å². The third kappa shape index (κ3) is 1.86. The van der Waals surface area contributed by atoms with Crippen molar-refractivity contribution < 1.29 is 4.55 Å². The maximum absolute atomic E-state index is 8.87. The molecule has 48 valence electrons. The molecule has 0 aliphatic rings. The van der Waals surface area contributed by atoms with E-state index in [4.69, 9.17) is 4.55 Å². The average molecular weight is 158 g/mol. The molecule has 1 unspecified atom stereocenters.